The van der Waals surface area contributed by atoms with Crippen molar-refractivity contribution in [3.63, 3.8) is 0 Å². The van der Waals surface area contributed by atoms with Gasteiger partial charge in [0.25, 0.3) is 0 Å². The van der Waals surface area contributed by atoms with Crippen LogP contribution in [0.25, 0.3) is 0 Å². The van der Waals surface area contributed by atoms with Gasteiger partial charge in [-0.3, -0.25) is 15.7 Å². The van der Waals surface area contributed by atoms with Crippen molar-refractivity contribution in [1.29, 1.82) is 0 Å². The van der Waals surface area contributed by atoms with Crippen molar-refractivity contribution >= 4 is 5.84 Å². The Hall–Kier alpha value is -0.830. The summed E-state index contributed by atoms with van der Waals surface area (Å²) in [6, 6.07) is 0. The van der Waals surface area contributed by atoms with Gasteiger partial charge in [-0.25, -0.2) is 0 Å². The van der Waals surface area contributed by atoms with Crippen LogP contribution in [0.4, 0.5) is 0 Å². The predicted molar refractivity (Wildman–Crippen MR) is 51.6 cm³/mol. The Morgan fingerprint density at radius 3 is 2.83 bits per heavy atom. The molecule has 3 nitrogen and oxygen atoms in total. The molecule has 0 aromatic rings. The highest BCUT2D eigenvalue weighted by Gasteiger charge is 1.94. The minimum Gasteiger partial charge on any atom is -0.290 e. The summed E-state index contributed by atoms with van der Waals surface area (Å²) in [5.41, 5.74) is 2.10. The van der Waals surface area contributed by atoms with Gasteiger partial charge in [0.2, 0.25) is 0 Å². The fourth-order valence-electron chi connectivity index (χ4n) is 0.888. The van der Waals surface area contributed by atoms with Gasteiger partial charge in [-0.1, -0.05) is 25.8 Å². The van der Waals surface area contributed by atoms with Gasteiger partial charge in [0, 0.05) is 6.42 Å². The summed E-state index contributed by atoms with van der Waals surface area (Å²) in [4.78, 5) is 4.07. The summed E-state index contributed by atoms with van der Waals surface area (Å²) in [5, 5.41) is 8.64. The van der Waals surface area contributed by atoms with Gasteiger partial charge in [-0.2, -0.15) is 0 Å². The number of hydrogen-bond donors (Lipinski definition) is 2. The molecule has 0 saturated heterocycles. The number of nitrogens with one attached hydrogen (secondary N) is 1. The zero-order chi connectivity index (χ0) is 9.23. The fraction of sp³-hybridized carbons (Fsp3) is 0.667. The van der Waals surface area contributed by atoms with E-state index in [0.717, 1.165) is 12.8 Å². The van der Waals surface area contributed by atoms with Gasteiger partial charge >= 0.3 is 0 Å². The molecule has 0 heterocycles. The SMILES string of the molecule is C=CCN=C(CCCCC)NO. The van der Waals surface area contributed by atoms with Crippen LogP contribution in [-0.4, -0.2) is 17.6 Å². The molecule has 0 spiro atoms. The molecule has 0 radical (unpaired) electrons. The predicted octanol–water partition coefficient (Wildman–Crippen LogP) is 2.13. The van der Waals surface area contributed by atoms with Crippen LogP contribution < -0.4 is 5.48 Å². The molecule has 0 aliphatic rings. The Labute approximate surface area is 74.2 Å². The van der Waals surface area contributed by atoms with Gasteiger partial charge in [0.1, 0.15) is 5.84 Å². The summed E-state index contributed by atoms with van der Waals surface area (Å²) >= 11 is 0. The molecule has 0 bridgehead atoms. The highest BCUT2D eigenvalue weighted by molar-refractivity contribution is 5.80. The van der Waals surface area contributed by atoms with Gasteiger partial charge in [0.05, 0.1) is 6.54 Å². The topological polar surface area (TPSA) is 44.6 Å². The molecule has 0 amide bonds. The van der Waals surface area contributed by atoms with Crippen LogP contribution in [0.5, 0.6) is 0 Å². The first-order valence-corrected chi connectivity index (χ1v) is 4.39. The van der Waals surface area contributed by atoms with E-state index in [-0.39, 0.29) is 0 Å². The number of unbranched alkanes of at least 4 members (excludes halogenated alkanes) is 2. The van der Waals surface area contributed by atoms with Crippen LogP contribution in [-0.2, 0) is 0 Å². The summed E-state index contributed by atoms with van der Waals surface area (Å²) in [7, 11) is 0. The van der Waals surface area contributed by atoms with Crippen molar-refractivity contribution in [2.75, 3.05) is 6.54 Å². The summed E-state index contributed by atoms with van der Waals surface area (Å²) < 4.78 is 0. The van der Waals surface area contributed by atoms with Crippen molar-refractivity contribution in [2.24, 2.45) is 4.99 Å². The number of rotatable bonds is 6. The maximum absolute atomic E-state index is 8.64. The second kappa shape index (κ2) is 8.27. The Bertz CT molecular complexity index is 143. The lowest BCUT2D eigenvalue weighted by Crippen LogP contribution is -2.19. The molecule has 0 aliphatic carbocycles. The van der Waals surface area contributed by atoms with E-state index >= 15 is 0 Å². The molecule has 0 unspecified atom stereocenters. The molecule has 70 valence electrons. The Morgan fingerprint density at radius 1 is 1.58 bits per heavy atom. The van der Waals surface area contributed by atoms with Crippen LogP contribution in [0.3, 0.4) is 0 Å². The average Bonchev–Trinajstić information content (AvgIpc) is 2.11. The van der Waals surface area contributed by atoms with Crippen molar-refractivity contribution in [1.82, 2.24) is 5.48 Å². The van der Waals surface area contributed by atoms with Crippen LogP contribution in [0, 0.1) is 0 Å². The van der Waals surface area contributed by atoms with Crippen LogP contribution in [0.1, 0.15) is 32.6 Å². The molecular formula is C9H18N2O. The largest absolute Gasteiger partial charge is 0.290 e. The van der Waals surface area contributed by atoms with E-state index in [4.69, 9.17) is 5.21 Å². The smallest absolute Gasteiger partial charge is 0.120 e. The van der Waals surface area contributed by atoms with Crippen molar-refractivity contribution < 1.29 is 5.21 Å². The van der Waals surface area contributed by atoms with Gasteiger partial charge in [-0.05, 0) is 6.42 Å². The van der Waals surface area contributed by atoms with E-state index in [1.54, 1.807) is 6.08 Å². The first-order chi connectivity index (χ1) is 5.85. The molecular weight excluding hydrogens is 152 g/mol. The van der Waals surface area contributed by atoms with Crippen LogP contribution in [0.2, 0.25) is 0 Å². The van der Waals surface area contributed by atoms with Gasteiger partial charge in [0.15, 0.2) is 0 Å². The zero-order valence-electron chi connectivity index (χ0n) is 7.71. The average molecular weight is 170 g/mol. The van der Waals surface area contributed by atoms with Gasteiger partial charge < -0.3 is 0 Å². The number of amidine groups is 1. The minimum atomic E-state index is 0.565. The van der Waals surface area contributed by atoms with E-state index < -0.39 is 0 Å². The first kappa shape index (κ1) is 11.2. The monoisotopic (exact) mass is 170 g/mol. The highest BCUT2D eigenvalue weighted by Crippen LogP contribution is 1.99. The molecule has 0 aromatic heterocycles. The molecule has 0 aliphatic heterocycles. The van der Waals surface area contributed by atoms with E-state index in [1.165, 1.54) is 12.8 Å². The number of hydroxylamine groups is 1. The lowest BCUT2D eigenvalue weighted by molar-refractivity contribution is 0.231. The number of nitrogens with zero attached hydrogens (tertiary/aromatic N) is 1. The van der Waals surface area contributed by atoms with E-state index in [0.29, 0.717) is 12.4 Å². The third kappa shape index (κ3) is 5.92. The van der Waals surface area contributed by atoms with E-state index in [9.17, 15) is 0 Å². The number of hydrogen-bond acceptors (Lipinski definition) is 2. The maximum atomic E-state index is 8.64. The second-order valence-electron chi connectivity index (χ2n) is 2.64. The third-order valence-electron chi connectivity index (χ3n) is 1.56. The summed E-state index contributed by atoms with van der Waals surface area (Å²) in [6.45, 7) is 6.26. The fourth-order valence-corrected chi connectivity index (χ4v) is 0.888. The first-order valence-electron chi connectivity index (χ1n) is 4.39. The Kier molecular flexibility index (Phi) is 7.70. The quantitative estimate of drug-likeness (QED) is 0.211. The molecule has 3 heteroatoms. The van der Waals surface area contributed by atoms with Crippen molar-refractivity contribution in [3.8, 4) is 0 Å². The maximum Gasteiger partial charge on any atom is 0.120 e. The lowest BCUT2D eigenvalue weighted by Gasteiger charge is -2.02. The third-order valence-corrected chi connectivity index (χ3v) is 1.56. The lowest BCUT2D eigenvalue weighted by atomic mass is 10.2. The molecule has 0 rings (SSSR count). The van der Waals surface area contributed by atoms with Crippen LogP contribution >= 0.6 is 0 Å². The molecule has 12 heavy (non-hydrogen) atoms. The van der Waals surface area contributed by atoms with E-state index in [2.05, 4.69) is 24.0 Å². The number of aliphatic imine (C=N–C) groups is 1. The summed E-state index contributed by atoms with van der Waals surface area (Å²) in [6.07, 6.45) is 5.95. The van der Waals surface area contributed by atoms with Crippen molar-refractivity contribution in [3.05, 3.63) is 12.7 Å². The highest BCUT2D eigenvalue weighted by atomic mass is 16.5. The van der Waals surface area contributed by atoms with Crippen molar-refractivity contribution in [2.45, 2.75) is 32.6 Å². The standard InChI is InChI=1S/C9H18N2O/c1-3-5-6-7-9(11-12)10-8-4-2/h4,12H,2-3,5-8H2,1H3,(H,10,11). The molecule has 0 atom stereocenters. The van der Waals surface area contributed by atoms with Gasteiger partial charge in [-0.15, -0.1) is 6.58 Å². The Balaban J connectivity index is 3.58. The molecule has 0 aromatic carbocycles. The zero-order valence-corrected chi connectivity index (χ0v) is 7.71. The molecule has 2 N–H and O–H groups in total. The Morgan fingerprint density at radius 2 is 2.33 bits per heavy atom. The molecule has 0 fully saturated rings. The second-order valence-corrected chi connectivity index (χ2v) is 2.64. The van der Waals surface area contributed by atoms with Crippen LogP contribution in [0.15, 0.2) is 17.6 Å². The summed E-state index contributed by atoms with van der Waals surface area (Å²) in [5.74, 6) is 0.656. The molecule has 0 saturated carbocycles. The van der Waals surface area contributed by atoms with E-state index in [1.807, 2.05) is 0 Å². The minimum absolute atomic E-state index is 0.565. The normalized spacial score (nSPS) is 11.3.